The number of nitrogens with zero attached hydrogens (tertiary/aromatic N) is 1. The fourth-order valence-electron chi connectivity index (χ4n) is 2.77. The number of carbonyl (C=O) groups is 1. The molecule has 1 fully saturated rings. The van der Waals surface area contributed by atoms with Crippen LogP contribution in [0.4, 0.5) is 0 Å². The van der Waals surface area contributed by atoms with Gasteiger partial charge < -0.3 is 5.32 Å². The smallest absolute Gasteiger partial charge is 0.234 e. The molecule has 1 aromatic carbocycles. The molecule has 1 aliphatic rings. The molecule has 2 rings (SSSR count). The van der Waals surface area contributed by atoms with E-state index >= 15 is 0 Å². The normalized spacial score (nSPS) is 16.6. The van der Waals surface area contributed by atoms with Gasteiger partial charge in [0.1, 0.15) is 0 Å². The second-order valence-corrected chi connectivity index (χ2v) is 7.46. The van der Waals surface area contributed by atoms with Crippen molar-refractivity contribution in [3.8, 4) is 0 Å². The van der Waals surface area contributed by atoms with Crippen LogP contribution in [-0.4, -0.2) is 29.9 Å². The fraction of sp³-hybridized carbons (Fsp3) is 0.632. The van der Waals surface area contributed by atoms with Gasteiger partial charge in [0.15, 0.2) is 0 Å². The zero-order chi connectivity index (χ0) is 16.3. The summed E-state index contributed by atoms with van der Waals surface area (Å²) in [5.41, 5.74) is 2.65. The summed E-state index contributed by atoms with van der Waals surface area (Å²) in [7, 11) is 0. The Morgan fingerprint density at radius 3 is 2.32 bits per heavy atom. The van der Waals surface area contributed by atoms with Gasteiger partial charge in [-0.05, 0) is 42.9 Å². The molecule has 0 heterocycles. The predicted octanol–water partition coefficient (Wildman–Crippen LogP) is 3.65. The molecule has 22 heavy (non-hydrogen) atoms. The molecule has 0 spiro atoms. The minimum absolute atomic E-state index is 0.0550. The molecule has 1 atom stereocenters. The van der Waals surface area contributed by atoms with Crippen LogP contribution < -0.4 is 5.32 Å². The second kappa shape index (κ2) is 6.82. The molecular formula is C19H30N2O. The third-order valence-electron chi connectivity index (χ3n) is 4.47. The minimum atomic E-state index is 0.0550. The van der Waals surface area contributed by atoms with Gasteiger partial charge in [-0.25, -0.2) is 0 Å². The van der Waals surface area contributed by atoms with Crippen LogP contribution >= 0.6 is 0 Å². The van der Waals surface area contributed by atoms with E-state index < -0.39 is 0 Å². The molecule has 122 valence electrons. The van der Waals surface area contributed by atoms with Crippen molar-refractivity contribution < 1.29 is 4.79 Å². The first-order chi connectivity index (χ1) is 10.3. The molecule has 0 aliphatic heterocycles. The number of likely N-dealkylation sites (N-methyl/N-ethyl adjacent to an activating group) is 1. The van der Waals surface area contributed by atoms with Gasteiger partial charge >= 0.3 is 0 Å². The van der Waals surface area contributed by atoms with Crippen LogP contribution in [0.5, 0.6) is 0 Å². The SMILES string of the molecule is CCN(CC(=O)NC(C)c1ccc(C(C)(C)C)cc1)C1CC1. The molecule has 1 aromatic rings. The lowest BCUT2D eigenvalue weighted by Crippen LogP contribution is -2.39. The number of hydrogen-bond acceptors (Lipinski definition) is 2. The summed E-state index contributed by atoms with van der Waals surface area (Å²) in [4.78, 5) is 14.5. The third kappa shape index (κ3) is 4.57. The van der Waals surface area contributed by atoms with E-state index in [0.717, 1.165) is 12.1 Å². The highest BCUT2D eigenvalue weighted by atomic mass is 16.2. The molecule has 1 unspecified atom stereocenters. The van der Waals surface area contributed by atoms with E-state index in [9.17, 15) is 4.79 Å². The van der Waals surface area contributed by atoms with Gasteiger partial charge in [-0.2, -0.15) is 0 Å². The first kappa shape index (κ1) is 17.0. The third-order valence-corrected chi connectivity index (χ3v) is 4.47. The summed E-state index contributed by atoms with van der Waals surface area (Å²) in [5.74, 6) is 0.126. The summed E-state index contributed by atoms with van der Waals surface area (Å²) >= 11 is 0. The molecular weight excluding hydrogens is 272 g/mol. The highest BCUT2D eigenvalue weighted by molar-refractivity contribution is 5.78. The molecule has 3 heteroatoms. The van der Waals surface area contributed by atoms with Crippen molar-refractivity contribution in [1.82, 2.24) is 10.2 Å². The number of hydrogen-bond donors (Lipinski definition) is 1. The minimum Gasteiger partial charge on any atom is -0.348 e. The Hall–Kier alpha value is -1.35. The van der Waals surface area contributed by atoms with Crippen molar-refractivity contribution >= 4 is 5.91 Å². The molecule has 0 bridgehead atoms. The zero-order valence-electron chi connectivity index (χ0n) is 14.6. The summed E-state index contributed by atoms with van der Waals surface area (Å²) < 4.78 is 0. The maximum Gasteiger partial charge on any atom is 0.234 e. The quantitative estimate of drug-likeness (QED) is 0.870. The van der Waals surface area contributed by atoms with Crippen LogP contribution in [0, 0.1) is 0 Å². The molecule has 0 saturated heterocycles. The van der Waals surface area contributed by atoms with Crippen LogP contribution in [0.25, 0.3) is 0 Å². The molecule has 1 aliphatic carbocycles. The topological polar surface area (TPSA) is 32.3 Å². The van der Waals surface area contributed by atoms with Gasteiger partial charge in [0.05, 0.1) is 12.6 Å². The Bertz CT molecular complexity index is 497. The monoisotopic (exact) mass is 302 g/mol. The van der Waals surface area contributed by atoms with Gasteiger partial charge in [0.25, 0.3) is 0 Å². The summed E-state index contributed by atoms with van der Waals surface area (Å²) in [6, 6.07) is 9.28. The molecule has 3 nitrogen and oxygen atoms in total. The Morgan fingerprint density at radius 2 is 1.86 bits per heavy atom. The molecule has 0 radical (unpaired) electrons. The van der Waals surface area contributed by atoms with Crippen molar-refractivity contribution in [2.45, 2.75) is 65.0 Å². The number of rotatable bonds is 6. The predicted molar refractivity (Wildman–Crippen MR) is 92.0 cm³/mol. The fourth-order valence-corrected chi connectivity index (χ4v) is 2.77. The van der Waals surface area contributed by atoms with Gasteiger partial charge in [-0.15, -0.1) is 0 Å². The standard InChI is InChI=1S/C19H30N2O/c1-6-21(17-11-12-17)13-18(22)20-14(2)15-7-9-16(10-8-15)19(3,4)5/h7-10,14,17H,6,11-13H2,1-5H3,(H,20,22). The summed E-state index contributed by atoms with van der Waals surface area (Å²) in [5, 5.41) is 3.12. The second-order valence-electron chi connectivity index (χ2n) is 7.46. The zero-order valence-corrected chi connectivity index (χ0v) is 14.6. The number of amides is 1. The number of benzene rings is 1. The van der Waals surface area contributed by atoms with Crippen molar-refractivity contribution in [2.24, 2.45) is 0 Å². The van der Waals surface area contributed by atoms with E-state index in [2.05, 4.69) is 69.1 Å². The van der Waals surface area contributed by atoms with Crippen molar-refractivity contribution in [3.05, 3.63) is 35.4 Å². The largest absolute Gasteiger partial charge is 0.348 e. The van der Waals surface area contributed by atoms with Crippen LogP contribution in [-0.2, 0) is 10.2 Å². The first-order valence-electron chi connectivity index (χ1n) is 8.45. The Labute approximate surface area is 135 Å². The highest BCUT2D eigenvalue weighted by Gasteiger charge is 2.29. The Balaban J connectivity index is 1.90. The lowest BCUT2D eigenvalue weighted by molar-refractivity contribution is -0.123. The van der Waals surface area contributed by atoms with E-state index in [1.54, 1.807) is 0 Å². The molecule has 1 amide bonds. The molecule has 0 aromatic heterocycles. The number of nitrogens with one attached hydrogen (secondary N) is 1. The van der Waals surface area contributed by atoms with Gasteiger partial charge in [-0.3, -0.25) is 9.69 Å². The Kier molecular flexibility index (Phi) is 5.28. The van der Waals surface area contributed by atoms with Gasteiger partial charge in [-0.1, -0.05) is 52.0 Å². The maximum absolute atomic E-state index is 12.2. The first-order valence-corrected chi connectivity index (χ1v) is 8.45. The van der Waals surface area contributed by atoms with E-state index in [-0.39, 0.29) is 17.4 Å². The average Bonchev–Trinajstić information content (AvgIpc) is 3.28. The van der Waals surface area contributed by atoms with Crippen LogP contribution in [0.15, 0.2) is 24.3 Å². The van der Waals surface area contributed by atoms with Gasteiger partial charge in [0, 0.05) is 6.04 Å². The van der Waals surface area contributed by atoms with Crippen molar-refractivity contribution in [2.75, 3.05) is 13.1 Å². The van der Waals surface area contributed by atoms with Crippen molar-refractivity contribution in [1.29, 1.82) is 0 Å². The maximum atomic E-state index is 12.2. The lowest BCUT2D eigenvalue weighted by Gasteiger charge is -2.22. The molecule has 1 N–H and O–H groups in total. The lowest BCUT2D eigenvalue weighted by atomic mass is 9.86. The highest BCUT2D eigenvalue weighted by Crippen LogP contribution is 2.26. The van der Waals surface area contributed by atoms with Crippen LogP contribution in [0.1, 0.15) is 64.6 Å². The van der Waals surface area contributed by atoms with E-state index in [0.29, 0.717) is 12.6 Å². The number of carbonyl (C=O) groups excluding carboxylic acids is 1. The van der Waals surface area contributed by atoms with E-state index in [1.807, 2.05) is 0 Å². The van der Waals surface area contributed by atoms with Crippen LogP contribution in [0.3, 0.4) is 0 Å². The van der Waals surface area contributed by atoms with Gasteiger partial charge in [0.2, 0.25) is 5.91 Å². The Morgan fingerprint density at radius 1 is 1.27 bits per heavy atom. The van der Waals surface area contributed by atoms with Crippen molar-refractivity contribution in [3.63, 3.8) is 0 Å². The average molecular weight is 302 g/mol. The van der Waals surface area contributed by atoms with E-state index in [1.165, 1.54) is 18.4 Å². The molecule has 1 saturated carbocycles. The summed E-state index contributed by atoms with van der Waals surface area (Å²) in [6.45, 7) is 12.3. The summed E-state index contributed by atoms with van der Waals surface area (Å²) in [6.07, 6.45) is 2.48. The van der Waals surface area contributed by atoms with E-state index in [4.69, 9.17) is 0 Å². The van der Waals surface area contributed by atoms with Crippen LogP contribution in [0.2, 0.25) is 0 Å².